The summed E-state index contributed by atoms with van der Waals surface area (Å²) in [7, 11) is 0. The van der Waals surface area contributed by atoms with Crippen molar-refractivity contribution < 1.29 is 39.0 Å². The molecule has 15 nitrogen and oxygen atoms in total. The molecule has 270 valence electrons. The quantitative estimate of drug-likeness (QED) is 0.124. The van der Waals surface area contributed by atoms with Crippen molar-refractivity contribution in [1.29, 1.82) is 0 Å². The van der Waals surface area contributed by atoms with Crippen molar-refractivity contribution in [3.63, 3.8) is 0 Å². The predicted molar refractivity (Wildman–Crippen MR) is 191 cm³/mol. The van der Waals surface area contributed by atoms with E-state index >= 15 is 0 Å². The van der Waals surface area contributed by atoms with E-state index in [0.717, 1.165) is 0 Å². The molecule has 16 heteroatoms. The van der Waals surface area contributed by atoms with Crippen LogP contribution in [0.2, 0.25) is 0 Å². The largest absolute Gasteiger partial charge is 0.508 e. The van der Waals surface area contributed by atoms with Gasteiger partial charge in [0.2, 0.25) is 29.5 Å². The number of para-hydroxylation sites is 1. The number of benzene rings is 3. The summed E-state index contributed by atoms with van der Waals surface area (Å²) in [5, 5.41) is 35.2. The predicted octanol–water partition coefficient (Wildman–Crippen LogP) is -0.283. The lowest BCUT2D eigenvalue weighted by molar-refractivity contribution is -0.133. The number of nitrogens with two attached hydrogens (primary N) is 1. The average molecular weight is 720 g/mol. The van der Waals surface area contributed by atoms with Crippen molar-refractivity contribution in [1.82, 2.24) is 31.9 Å². The number of thioether (sulfide) groups is 1. The van der Waals surface area contributed by atoms with Gasteiger partial charge in [-0.1, -0.05) is 36.4 Å². The summed E-state index contributed by atoms with van der Waals surface area (Å²) in [6.07, 6.45) is 1.88. The number of nitrogen functional groups attached to an aromatic ring is 1. The number of amides is 6. The summed E-state index contributed by atoms with van der Waals surface area (Å²) < 4.78 is 0. The monoisotopic (exact) mass is 719 g/mol. The molecule has 0 unspecified atom stereocenters. The van der Waals surface area contributed by atoms with Gasteiger partial charge in [0.05, 0.1) is 12.1 Å². The second-order valence-electron chi connectivity index (χ2n) is 11.8. The van der Waals surface area contributed by atoms with Crippen LogP contribution in [0.1, 0.15) is 27.9 Å². The Labute approximate surface area is 298 Å². The summed E-state index contributed by atoms with van der Waals surface area (Å²) in [4.78, 5) is 80.9. The van der Waals surface area contributed by atoms with Gasteiger partial charge < -0.3 is 47.8 Å². The Morgan fingerprint density at radius 2 is 1.24 bits per heavy atom. The Bertz CT molecular complexity index is 1720. The van der Waals surface area contributed by atoms with Gasteiger partial charge in [-0.25, -0.2) is 0 Å². The molecule has 1 fully saturated rings. The smallest absolute Gasteiger partial charge is 0.253 e. The van der Waals surface area contributed by atoms with Gasteiger partial charge in [0.25, 0.3) is 5.91 Å². The van der Waals surface area contributed by atoms with Crippen molar-refractivity contribution in [3.8, 4) is 11.5 Å². The van der Waals surface area contributed by atoms with Crippen LogP contribution in [0.15, 0.2) is 72.8 Å². The van der Waals surface area contributed by atoms with Crippen LogP contribution in [0.3, 0.4) is 0 Å². The van der Waals surface area contributed by atoms with Gasteiger partial charge in [-0.3, -0.25) is 28.8 Å². The Balaban J connectivity index is 1.69. The summed E-state index contributed by atoms with van der Waals surface area (Å²) >= 11 is 1.43. The van der Waals surface area contributed by atoms with Gasteiger partial charge in [0.15, 0.2) is 0 Å². The molecule has 1 aliphatic heterocycles. The zero-order valence-electron chi connectivity index (χ0n) is 27.8. The molecular weight excluding hydrogens is 678 g/mol. The third kappa shape index (κ3) is 11.4. The fraction of sp³-hybridized carbons (Fsp3) is 0.314. The van der Waals surface area contributed by atoms with Crippen LogP contribution in [0.4, 0.5) is 5.69 Å². The molecule has 1 aliphatic rings. The number of hydrogen-bond acceptors (Lipinski definition) is 10. The number of phenolic OH excluding ortho intramolecular Hbond substituents is 2. The first-order chi connectivity index (χ1) is 24.4. The summed E-state index contributed by atoms with van der Waals surface area (Å²) in [5.74, 6) is -3.89. The van der Waals surface area contributed by atoms with Crippen molar-refractivity contribution in [2.45, 2.75) is 43.4 Å². The minimum atomic E-state index is -1.42. The lowest BCUT2D eigenvalue weighted by Crippen LogP contribution is -2.60. The normalized spacial score (nSPS) is 20.4. The Morgan fingerprint density at radius 3 is 1.80 bits per heavy atom. The lowest BCUT2D eigenvalue weighted by Gasteiger charge is -2.26. The van der Waals surface area contributed by atoms with Gasteiger partial charge in [0.1, 0.15) is 35.7 Å². The Morgan fingerprint density at radius 1 is 0.725 bits per heavy atom. The van der Waals surface area contributed by atoms with Crippen molar-refractivity contribution in [2.75, 3.05) is 30.8 Å². The zero-order chi connectivity index (χ0) is 36.9. The summed E-state index contributed by atoms with van der Waals surface area (Å²) in [6, 6.07) is 13.2. The maximum Gasteiger partial charge on any atom is 0.253 e. The van der Waals surface area contributed by atoms with E-state index < -0.39 is 72.7 Å². The molecule has 0 aliphatic carbocycles. The lowest BCUT2D eigenvalue weighted by atomic mass is 10.0. The molecule has 0 radical (unpaired) electrons. The van der Waals surface area contributed by atoms with Crippen LogP contribution in [-0.4, -0.2) is 94.9 Å². The molecule has 0 aromatic heterocycles. The van der Waals surface area contributed by atoms with E-state index in [1.165, 1.54) is 48.2 Å². The molecule has 10 N–H and O–H groups in total. The maximum atomic E-state index is 14.0. The van der Waals surface area contributed by atoms with E-state index in [-0.39, 0.29) is 42.0 Å². The topological polar surface area (TPSA) is 241 Å². The summed E-state index contributed by atoms with van der Waals surface area (Å²) in [6.45, 7) is -0.930. The molecule has 1 saturated heterocycles. The fourth-order valence-electron chi connectivity index (χ4n) is 5.21. The van der Waals surface area contributed by atoms with Crippen LogP contribution >= 0.6 is 11.8 Å². The van der Waals surface area contributed by atoms with Crippen LogP contribution < -0.4 is 37.6 Å². The van der Waals surface area contributed by atoms with Gasteiger partial charge in [-0.15, -0.1) is 0 Å². The number of carbonyl (C=O) groups excluding carboxylic acids is 6. The minimum absolute atomic E-state index is 0.000168. The summed E-state index contributed by atoms with van der Waals surface area (Å²) in [5.41, 5.74) is 7.42. The molecule has 3 aromatic carbocycles. The van der Waals surface area contributed by atoms with Gasteiger partial charge in [0, 0.05) is 25.1 Å². The van der Waals surface area contributed by atoms with E-state index in [1.807, 2.05) is 6.26 Å². The van der Waals surface area contributed by atoms with Crippen LogP contribution in [0.5, 0.6) is 11.5 Å². The number of nitrogens with one attached hydrogen (secondary N) is 6. The highest BCUT2D eigenvalue weighted by atomic mass is 32.2. The zero-order valence-corrected chi connectivity index (χ0v) is 28.6. The highest BCUT2D eigenvalue weighted by Gasteiger charge is 2.33. The number of carbonyl (C=O) groups is 6. The van der Waals surface area contributed by atoms with E-state index in [4.69, 9.17) is 5.73 Å². The molecule has 6 amide bonds. The average Bonchev–Trinajstić information content (AvgIpc) is 3.11. The first kappa shape index (κ1) is 38.0. The molecular formula is C35H41N7O8S. The van der Waals surface area contributed by atoms with E-state index in [1.54, 1.807) is 36.4 Å². The van der Waals surface area contributed by atoms with Crippen LogP contribution in [0, 0.1) is 0 Å². The van der Waals surface area contributed by atoms with Crippen molar-refractivity contribution in [3.05, 3.63) is 89.5 Å². The highest BCUT2D eigenvalue weighted by Crippen LogP contribution is 2.15. The molecule has 1 heterocycles. The van der Waals surface area contributed by atoms with E-state index in [9.17, 15) is 39.0 Å². The number of rotatable bonds is 10. The van der Waals surface area contributed by atoms with Gasteiger partial charge in [-0.05, 0) is 66.0 Å². The SMILES string of the molecule is CSCC[C@H]1NC(=O)[C@H](CNC(=O)c2ccccc2N)NC(=O)[C@H](Cc2ccc(O)cc2)NC(=O)[C@H](Cc2ccc(O)cc2)NC(=O)CNC1=O. The third-order valence-electron chi connectivity index (χ3n) is 8.01. The molecule has 0 bridgehead atoms. The van der Waals surface area contributed by atoms with E-state index in [2.05, 4.69) is 31.9 Å². The van der Waals surface area contributed by atoms with Crippen molar-refractivity contribution in [2.24, 2.45) is 0 Å². The molecule has 4 atom stereocenters. The number of aromatic hydroxyl groups is 2. The first-order valence-electron chi connectivity index (χ1n) is 16.1. The second-order valence-corrected chi connectivity index (χ2v) is 12.8. The number of phenols is 2. The molecule has 51 heavy (non-hydrogen) atoms. The highest BCUT2D eigenvalue weighted by molar-refractivity contribution is 7.98. The van der Waals surface area contributed by atoms with E-state index in [0.29, 0.717) is 16.9 Å². The maximum absolute atomic E-state index is 14.0. The third-order valence-corrected chi connectivity index (χ3v) is 8.65. The standard InChI is InChI=1S/C35H41N7O8S/c1-51-15-14-26-32(47)38-19-30(45)39-27(16-20-6-10-22(43)11-7-20)33(48)41-28(17-21-8-12-23(44)13-9-21)34(49)42-29(35(50)40-26)18-37-31(46)24-4-2-3-5-25(24)36/h2-13,26-29,43-44H,14-19,36H2,1H3,(H,37,46)(H,38,47)(H,39,45)(H,40,50)(H,41,48)(H,42,49)/t26-,27+,28+,29+/m1/s1. The molecule has 0 saturated carbocycles. The second kappa shape index (κ2) is 18.3. The number of anilines is 1. The minimum Gasteiger partial charge on any atom is -0.508 e. The van der Waals surface area contributed by atoms with Gasteiger partial charge in [-0.2, -0.15) is 11.8 Å². The Hall–Kier alpha value is -5.77. The van der Waals surface area contributed by atoms with Crippen molar-refractivity contribution >= 4 is 52.9 Å². The molecule has 3 aromatic rings. The fourth-order valence-corrected chi connectivity index (χ4v) is 5.69. The van der Waals surface area contributed by atoms with Crippen LogP contribution in [0.25, 0.3) is 0 Å². The van der Waals surface area contributed by atoms with Crippen LogP contribution in [-0.2, 0) is 36.8 Å². The number of hydrogen-bond donors (Lipinski definition) is 9. The van der Waals surface area contributed by atoms with Gasteiger partial charge >= 0.3 is 0 Å². The molecule has 4 rings (SSSR count). The molecule has 0 spiro atoms. The Kier molecular flexibility index (Phi) is 13.6. The first-order valence-corrected chi connectivity index (χ1v) is 17.5.